The van der Waals surface area contributed by atoms with Gasteiger partial charge >= 0.3 is 0 Å². The number of aryl methyl sites for hydroxylation is 1. The van der Waals surface area contributed by atoms with Crippen LogP contribution in [-0.4, -0.2) is 25.8 Å². The monoisotopic (exact) mass is 470 g/mol. The van der Waals surface area contributed by atoms with E-state index in [1.165, 1.54) is 0 Å². The molecule has 1 aliphatic rings. The quantitative estimate of drug-likeness (QED) is 0.387. The molecule has 1 aromatic carbocycles. The van der Waals surface area contributed by atoms with Crippen LogP contribution < -0.4 is 11.1 Å². The predicted octanol–water partition coefficient (Wildman–Crippen LogP) is 5.47. The van der Waals surface area contributed by atoms with E-state index in [4.69, 9.17) is 5.73 Å². The summed E-state index contributed by atoms with van der Waals surface area (Å²) in [7, 11) is 0. The van der Waals surface area contributed by atoms with Gasteiger partial charge in [0.25, 0.3) is 0 Å². The van der Waals surface area contributed by atoms with Gasteiger partial charge in [0, 0.05) is 35.1 Å². The van der Waals surface area contributed by atoms with Gasteiger partial charge in [0.15, 0.2) is 0 Å². The number of hydrogen-bond acceptors (Lipinski definition) is 7. The molecular formula is C26H26N6OS. The number of carbonyl (C=O) groups excluding carboxylic acids is 1. The van der Waals surface area contributed by atoms with Crippen LogP contribution in [0.1, 0.15) is 42.2 Å². The maximum Gasteiger partial charge on any atom is 0.233 e. The van der Waals surface area contributed by atoms with Crippen molar-refractivity contribution in [3.63, 3.8) is 0 Å². The van der Waals surface area contributed by atoms with Crippen molar-refractivity contribution < 1.29 is 4.79 Å². The Morgan fingerprint density at radius 3 is 2.26 bits per heavy atom. The number of rotatable bonds is 6. The van der Waals surface area contributed by atoms with Gasteiger partial charge in [-0.3, -0.25) is 4.79 Å². The Hall–Kier alpha value is -3.65. The molecular weight excluding hydrogens is 444 g/mol. The number of benzene rings is 1. The van der Waals surface area contributed by atoms with Crippen molar-refractivity contribution in [2.24, 2.45) is 5.92 Å². The van der Waals surface area contributed by atoms with Gasteiger partial charge < -0.3 is 11.1 Å². The van der Waals surface area contributed by atoms with Crippen molar-refractivity contribution in [2.75, 3.05) is 11.1 Å². The van der Waals surface area contributed by atoms with Crippen molar-refractivity contribution >= 4 is 29.0 Å². The minimum Gasteiger partial charge on any atom is -0.368 e. The third kappa shape index (κ3) is 4.82. The summed E-state index contributed by atoms with van der Waals surface area (Å²) >= 11 is 1.61. The number of amides is 1. The first-order valence-electron chi connectivity index (χ1n) is 11.4. The Bertz CT molecular complexity index is 1260. The number of nitrogens with zero attached hydrogens (tertiary/aromatic N) is 4. The van der Waals surface area contributed by atoms with Crippen LogP contribution in [0, 0.1) is 12.8 Å². The molecule has 0 bridgehead atoms. The number of thiazole rings is 1. The van der Waals surface area contributed by atoms with Crippen molar-refractivity contribution in [3.8, 4) is 22.4 Å². The van der Waals surface area contributed by atoms with E-state index in [1.807, 2.05) is 48.7 Å². The van der Waals surface area contributed by atoms with E-state index in [9.17, 15) is 4.79 Å². The number of nitrogens with two attached hydrogens (primary N) is 1. The maximum atomic E-state index is 13.5. The van der Waals surface area contributed by atoms with Gasteiger partial charge in [-0.1, -0.05) is 37.1 Å². The number of anilines is 2. The first-order valence-corrected chi connectivity index (χ1v) is 12.3. The lowest BCUT2D eigenvalue weighted by molar-refractivity contribution is -0.118. The zero-order chi connectivity index (χ0) is 23.5. The lowest BCUT2D eigenvalue weighted by Crippen LogP contribution is -2.26. The van der Waals surface area contributed by atoms with Crippen LogP contribution in [0.4, 0.5) is 11.8 Å². The molecule has 7 nitrogen and oxygen atoms in total. The summed E-state index contributed by atoms with van der Waals surface area (Å²) in [4.78, 5) is 30.6. The van der Waals surface area contributed by atoms with Gasteiger partial charge in [-0.25, -0.2) is 19.9 Å². The topological polar surface area (TPSA) is 107 Å². The van der Waals surface area contributed by atoms with E-state index in [2.05, 4.69) is 25.3 Å². The highest BCUT2D eigenvalue weighted by molar-refractivity contribution is 7.09. The summed E-state index contributed by atoms with van der Waals surface area (Å²) in [5, 5.41) is 6.08. The third-order valence-electron chi connectivity index (χ3n) is 6.36. The van der Waals surface area contributed by atoms with Crippen molar-refractivity contribution in [1.82, 2.24) is 19.9 Å². The lowest BCUT2D eigenvalue weighted by Gasteiger charge is -2.23. The van der Waals surface area contributed by atoms with Gasteiger partial charge in [-0.2, -0.15) is 0 Å². The highest BCUT2D eigenvalue weighted by Gasteiger charge is 2.32. The van der Waals surface area contributed by atoms with E-state index >= 15 is 0 Å². The zero-order valence-electron chi connectivity index (χ0n) is 18.9. The van der Waals surface area contributed by atoms with Gasteiger partial charge in [-0.05, 0) is 48.9 Å². The van der Waals surface area contributed by atoms with Crippen LogP contribution in [-0.2, 0) is 4.79 Å². The van der Waals surface area contributed by atoms with Gasteiger partial charge in [0.1, 0.15) is 5.82 Å². The second kappa shape index (κ2) is 9.69. The Morgan fingerprint density at radius 2 is 1.65 bits per heavy atom. The maximum absolute atomic E-state index is 13.5. The highest BCUT2D eigenvalue weighted by atomic mass is 32.1. The number of aromatic nitrogens is 4. The number of pyridine rings is 1. The SMILES string of the molecule is Cc1nc(-c2ccc(NC(=O)C(c3ccc(-c4cnc(N)nc4)cc3)C3CCCC3)nc2)cs1. The number of nitrogen functional groups attached to an aromatic ring is 1. The Morgan fingerprint density at radius 1 is 0.971 bits per heavy atom. The molecule has 3 aromatic heterocycles. The standard InChI is InChI=1S/C26H26N6OS/c1-16-31-22(15-34-16)20-10-11-23(28-12-20)32-25(33)24(18-4-2-3-5-18)19-8-6-17(7-9-19)21-13-29-26(27)30-14-21/h6-15,18,24H,2-5H2,1H3,(H2,27,29,30)(H,28,32,33). The van der Waals surface area contributed by atoms with Gasteiger partial charge in [-0.15, -0.1) is 11.3 Å². The summed E-state index contributed by atoms with van der Waals surface area (Å²) in [6, 6.07) is 11.9. The zero-order valence-corrected chi connectivity index (χ0v) is 19.8. The predicted molar refractivity (Wildman–Crippen MR) is 135 cm³/mol. The van der Waals surface area contributed by atoms with E-state index in [1.54, 1.807) is 29.9 Å². The minimum atomic E-state index is -0.220. The van der Waals surface area contributed by atoms with Crippen LogP contribution >= 0.6 is 11.3 Å². The average molecular weight is 471 g/mol. The molecule has 1 atom stereocenters. The Kier molecular flexibility index (Phi) is 6.31. The first kappa shape index (κ1) is 22.2. The molecule has 1 aliphatic carbocycles. The fourth-order valence-corrected chi connectivity index (χ4v) is 5.24. The third-order valence-corrected chi connectivity index (χ3v) is 7.13. The summed E-state index contributed by atoms with van der Waals surface area (Å²) < 4.78 is 0. The molecule has 3 N–H and O–H groups in total. The van der Waals surface area contributed by atoms with Gasteiger partial charge in [0.05, 0.1) is 16.6 Å². The van der Waals surface area contributed by atoms with Crippen molar-refractivity contribution in [3.05, 3.63) is 70.9 Å². The van der Waals surface area contributed by atoms with E-state index in [0.717, 1.165) is 58.6 Å². The molecule has 0 spiro atoms. The van der Waals surface area contributed by atoms with Crippen molar-refractivity contribution in [2.45, 2.75) is 38.5 Å². The molecule has 1 saturated carbocycles. The molecule has 1 unspecified atom stereocenters. The molecule has 5 rings (SSSR count). The summed E-state index contributed by atoms with van der Waals surface area (Å²) in [5.74, 6) is 0.895. The molecule has 4 aromatic rings. The normalized spacial score (nSPS) is 14.7. The Labute approximate surface area is 202 Å². The van der Waals surface area contributed by atoms with E-state index < -0.39 is 0 Å². The summed E-state index contributed by atoms with van der Waals surface area (Å²) in [6.07, 6.45) is 9.62. The van der Waals surface area contributed by atoms with E-state index in [-0.39, 0.29) is 17.8 Å². The lowest BCUT2D eigenvalue weighted by atomic mass is 9.83. The second-order valence-corrected chi connectivity index (χ2v) is 9.71. The molecule has 0 radical (unpaired) electrons. The van der Waals surface area contributed by atoms with Crippen LogP contribution in [0.3, 0.4) is 0 Å². The summed E-state index contributed by atoms with van der Waals surface area (Å²) in [5.41, 5.74) is 10.3. The molecule has 1 fully saturated rings. The molecule has 172 valence electrons. The van der Waals surface area contributed by atoms with Crippen LogP contribution in [0.2, 0.25) is 0 Å². The van der Waals surface area contributed by atoms with Gasteiger partial charge in [0.2, 0.25) is 11.9 Å². The van der Waals surface area contributed by atoms with Crippen molar-refractivity contribution in [1.29, 1.82) is 0 Å². The smallest absolute Gasteiger partial charge is 0.233 e. The molecule has 8 heteroatoms. The van der Waals surface area contributed by atoms with E-state index in [0.29, 0.717) is 11.7 Å². The number of nitrogens with one attached hydrogen (secondary N) is 1. The molecule has 34 heavy (non-hydrogen) atoms. The largest absolute Gasteiger partial charge is 0.368 e. The molecule has 0 aliphatic heterocycles. The molecule has 1 amide bonds. The highest BCUT2D eigenvalue weighted by Crippen LogP contribution is 2.38. The van der Waals surface area contributed by atoms with Crippen LogP contribution in [0.25, 0.3) is 22.4 Å². The first-order chi connectivity index (χ1) is 16.6. The fourth-order valence-electron chi connectivity index (χ4n) is 4.62. The average Bonchev–Trinajstić information content (AvgIpc) is 3.53. The second-order valence-electron chi connectivity index (χ2n) is 8.65. The summed E-state index contributed by atoms with van der Waals surface area (Å²) in [6.45, 7) is 1.98. The number of hydrogen-bond donors (Lipinski definition) is 2. The molecule has 3 heterocycles. The minimum absolute atomic E-state index is 0.0137. The van der Waals surface area contributed by atoms with Crippen LogP contribution in [0.15, 0.2) is 60.4 Å². The fraction of sp³-hybridized carbons (Fsp3) is 0.269. The molecule has 0 saturated heterocycles. The van der Waals surface area contributed by atoms with Crippen LogP contribution in [0.5, 0.6) is 0 Å². The number of carbonyl (C=O) groups is 1. The Balaban J connectivity index is 1.35.